The van der Waals surface area contributed by atoms with Crippen molar-refractivity contribution in [2.75, 3.05) is 10.6 Å². The van der Waals surface area contributed by atoms with E-state index in [1.54, 1.807) is 27.7 Å². The predicted molar refractivity (Wildman–Crippen MR) is 171 cm³/mol. The largest absolute Gasteiger partial charge is 0.441 e. The van der Waals surface area contributed by atoms with E-state index in [0.717, 1.165) is 36.4 Å². The summed E-state index contributed by atoms with van der Waals surface area (Å²) in [4.78, 5) is 70.0. The van der Waals surface area contributed by atoms with Gasteiger partial charge in [0.25, 0.3) is 22.7 Å². The van der Waals surface area contributed by atoms with E-state index in [2.05, 4.69) is 10.6 Å². The van der Waals surface area contributed by atoms with Crippen LogP contribution >= 0.6 is 0 Å². The lowest BCUT2D eigenvalue weighted by Gasteiger charge is -2.22. The Morgan fingerprint density at radius 2 is 0.854 bits per heavy atom. The number of carbonyl (C=O) groups is 2. The van der Waals surface area contributed by atoms with Crippen LogP contribution in [-0.4, -0.2) is 31.9 Å². The number of carbonyl (C=O) groups excluding carboxylic acids is 2. The molecule has 3 aromatic rings. The Morgan fingerprint density at radius 3 is 1.10 bits per heavy atom. The number of hydrogen-bond acceptors (Lipinski definition) is 12. The van der Waals surface area contributed by atoms with Crippen molar-refractivity contribution in [3.05, 3.63) is 112 Å². The second kappa shape index (κ2) is 15.9. The first kappa shape index (κ1) is 36.3. The minimum Gasteiger partial charge on any atom is -0.441 e. The van der Waals surface area contributed by atoms with E-state index in [0.29, 0.717) is 0 Å². The third-order valence-electron chi connectivity index (χ3n) is 6.82. The third-order valence-corrected chi connectivity index (χ3v) is 6.82. The van der Waals surface area contributed by atoms with Gasteiger partial charge in [0.05, 0.1) is 31.1 Å². The molecule has 0 aliphatic heterocycles. The normalized spacial score (nSPS) is 12.1. The summed E-state index contributed by atoms with van der Waals surface area (Å²) in [7, 11) is 0. The number of para-hydroxylation sites is 2. The predicted octanol–water partition coefficient (Wildman–Crippen LogP) is 7.99. The van der Waals surface area contributed by atoms with Crippen LogP contribution in [0.15, 0.2) is 60.7 Å². The molecule has 18 heteroatoms. The molecule has 0 saturated heterocycles. The van der Waals surface area contributed by atoms with Gasteiger partial charge in [-0.1, -0.05) is 39.8 Å². The summed E-state index contributed by atoms with van der Waals surface area (Å²) >= 11 is 0. The van der Waals surface area contributed by atoms with Gasteiger partial charge >= 0.3 is 12.2 Å². The smallest absolute Gasteiger partial charge is 0.412 e. The molecule has 18 nitrogen and oxygen atoms in total. The molecule has 0 aliphatic carbocycles. The molecular weight excluding hydrogens is 636 g/mol. The van der Waals surface area contributed by atoms with Gasteiger partial charge in [0, 0.05) is 24.3 Å². The van der Waals surface area contributed by atoms with Gasteiger partial charge in [-0.3, -0.25) is 51.1 Å². The first-order valence-electron chi connectivity index (χ1n) is 14.5. The highest BCUT2D eigenvalue weighted by molar-refractivity contribution is 5.95. The Kier molecular flexibility index (Phi) is 12.0. The molecule has 254 valence electrons. The van der Waals surface area contributed by atoms with Crippen molar-refractivity contribution in [2.45, 2.75) is 52.7 Å². The number of ether oxygens (including phenoxy) is 2. The molecule has 2 N–H and O–H groups in total. The fourth-order valence-electron chi connectivity index (χ4n) is 4.92. The number of benzene rings is 3. The second-order valence-electron chi connectivity index (χ2n) is 11.3. The Balaban J connectivity index is 1.90. The first-order chi connectivity index (χ1) is 22.6. The lowest BCUT2D eigenvalue weighted by atomic mass is 9.96. The van der Waals surface area contributed by atoms with Gasteiger partial charge in [-0.25, -0.2) is 9.59 Å². The lowest BCUT2D eigenvalue weighted by molar-refractivity contribution is -0.396. The molecule has 2 amide bonds. The number of rotatable bonds is 14. The fraction of sp³-hybridized carbons (Fsp3) is 0.333. The third kappa shape index (κ3) is 9.18. The molecular formula is C30H32N6O12. The van der Waals surface area contributed by atoms with Gasteiger partial charge in [-0.15, -0.1) is 0 Å². The van der Waals surface area contributed by atoms with Crippen LogP contribution in [0.3, 0.4) is 0 Å². The number of nitrogens with zero attached hydrogens (tertiary/aromatic N) is 4. The number of amides is 2. The van der Waals surface area contributed by atoms with Crippen LogP contribution in [0.1, 0.15) is 63.9 Å². The van der Waals surface area contributed by atoms with Crippen LogP contribution < -0.4 is 10.6 Å². The summed E-state index contributed by atoms with van der Waals surface area (Å²) < 4.78 is 11.0. The van der Waals surface area contributed by atoms with Gasteiger partial charge in [0.2, 0.25) is 0 Å². The zero-order valence-corrected chi connectivity index (χ0v) is 26.2. The molecule has 3 aromatic carbocycles. The molecule has 0 saturated carbocycles. The van der Waals surface area contributed by atoms with E-state index < -0.39 is 78.0 Å². The van der Waals surface area contributed by atoms with Gasteiger partial charge in [0.1, 0.15) is 23.3 Å². The number of nitro benzene ring substituents is 4. The molecule has 0 fully saturated rings. The Morgan fingerprint density at radius 1 is 0.562 bits per heavy atom. The van der Waals surface area contributed by atoms with Gasteiger partial charge in [-0.2, -0.15) is 0 Å². The molecule has 0 heterocycles. The number of nitrogens with one attached hydrogen (secondary N) is 2. The van der Waals surface area contributed by atoms with E-state index in [9.17, 15) is 50.0 Å². The van der Waals surface area contributed by atoms with Gasteiger partial charge in [0.15, 0.2) is 0 Å². The monoisotopic (exact) mass is 668 g/mol. The van der Waals surface area contributed by atoms with Crippen LogP contribution in [-0.2, 0) is 9.47 Å². The second-order valence-corrected chi connectivity index (χ2v) is 11.3. The SMILES string of the molecule is CC(C)CC(OC(=O)Nc1ccccc1NC(=O)OC(CC(C)C)c1c([N+](=O)[O-])cccc1[N+](=O)[O-])c1c([N+](=O)[O-])cccc1[N+](=O)[O-]. The van der Waals surface area contributed by atoms with Crippen LogP contribution in [0, 0.1) is 52.3 Å². The van der Waals surface area contributed by atoms with E-state index in [4.69, 9.17) is 9.47 Å². The summed E-state index contributed by atoms with van der Waals surface area (Å²) in [6.45, 7) is 6.91. The summed E-state index contributed by atoms with van der Waals surface area (Å²) in [6.07, 6.45) is -5.17. The molecule has 3 rings (SSSR count). The average Bonchev–Trinajstić information content (AvgIpc) is 2.99. The first-order valence-corrected chi connectivity index (χ1v) is 14.5. The maximum Gasteiger partial charge on any atom is 0.412 e. The van der Waals surface area contributed by atoms with Crippen LogP contribution in [0.25, 0.3) is 0 Å². The van der Waals surface area contributed by atoms with Crippen molar-refractivity contribution in [2.24, 2.45) is 11.8 Å². The molecule has 0 aliphatic rings. The highest BCUT2D eigenvalue weighted by atomic mass is 16.6. The quantitative estimate of drug-likeness (QED) is 0.122. The lowest BCUT2D eigenvalue weighted by Crippen LogP contribution is -2.23. The highest BCUT2D eigenvalue weighted by Crippen LogP contribution is 2.40. The maximum atomic E-state index is 13.1. The van der Waals surface area contributed by atoms with Crippen LogP contribution in [0.5, 0.6) is 0 Å². The van der Waals surface area contributed by atoms with Crippen LogP contribution in [0.4, 0.5) is 43.7 Å². The standard InChI is InChI=1S/C30H32N6O12/c1-17(2)15-25(27-21(33(39)40)11-7-12-22(27)34(41)42)47-29(37)31-19-9-5-6-10-20(19)32-30(38)48-26(16-18(3)4)28-23(35(43)44)13-8-14-24(28)36(45)46/h5-14,17-18,25-26H,15-16H2,1-4H3,(H,31,37)(H,32,38). The van der Waals surface area contributed by atoms with Crippen molar-refractivity contribution in [1.82, 2.24) is 0 Å². The molecule has 48 heavy (non-hydrogen) atoms. The Labute approximate surface area is 272 Å². The van der Waals surface area contributed by atoms with E-state index >= 15 is 0 Å². The van der Waals surface area contributed by atoms with Crippen molar-refractivity contribution >= 4 is 46.3 Å². The zero-order chi connectivity index (χ0) is 35.7. The average molecular weight is 669 g/mol. The van der Waals surface area contributed by atoms with E-state index in [1.807, 2.05) is 0 Å². The van der Waals surface area contributed by atoms with Gasteiger partial charge < -0.3 is 9.47 Å². The summed E-state index contributed by atoms with van der Waals surface area (Å²) in [5, 5.41) is 51.8. The number of nitro groups is 4. The molecule has 2 unspecified atom stereocenters. The Hall–Kier alpha value is -6.20. The van der Waals surface area contributed by atoms with E-state index in [-0.39, 0.29) is 36.1 Å². The molecule has 0 spiro atoms. The van der Waals surface area contributed by atoms with Crippen LogP contribution in [0.2, 0.25) is 0 Å². The number of anilines is 2. The fourth-order valence-corrected chi connectivity index (χ4v) is 4.92. The van der Waals surface area contributed by atoms with Crippen molar-refractivity contribution in [3.63, 3.8) is 0 Å². The Bertz CT molecular complexity index is 1540. The molecule has 0 bridgehead atoms. The van der Waals surface area contributed by atoms with Crippen molar-refractivity contribution < 1.29 is 38.8 Å². The van der Waals surface area contributed by atoms with E-state index in [1.165, 1.54) is 24.3 Å². The minimum atomic E-state index is -1.41. The maximum absolute atomic E-state index is 13.1. The summed E-state index contributed by atoms with van der Waals surface area (Å²) in [6, 6.07) is 12.2. The minimum absolute atomic E-state index is 0.0136. The van der Waals surface area contributed by atoms with Gasteiger partial charge in [-0.05, 0) is 48.9 Å². The molecule has 0 radical (unpaired) electrons. The molecule has 2 atom stereocenters. The van der Waals surface area contributed by atoms with Crippen molar-refractivity contribution in [3.8, 4) is 0 Å². The zero-order valence-electron chi connectivity index (χ0n) is 26.2. The molecule has 0 aromatic heterocycles. The highest BCUT2D eigenvalue weighted by Gasteiger charge is 2.36. The van der Waals surface area contributed by atoms with Crippen molar-refractivity contribution in [1.29, 1.82) is 0 Å². The summed E-state index contributed by atoms with van der Waals surface area (Å²) in [5.41, 5.74) is -3.32. The number of hydrogen-bond donors (Lipinski definition) is 2. The topological polar surface area (TPSA) is 249 Å². The summed E-state index contributed by atoms with van der Waals surface area (Å²) in [5.74, 6) is -0.443.